The zero-order valence-electron chi connectivity index (χ0n) is 11.6. The molecular formula is C13H13F3N2O4S. The number of aliphatic carboxylic acids is 2. The second-order valence-electron chi connectivity index (χ2n) is 4.50. The Balaban J connectivity index is 2.64. The highest BCUT2D eigenvalue weighted by Crippen LogP contribution is 2.29. The first-order valence-corrected chi connectivity index (χ1v) is 6.70. The molecule has 4 N–H and O–H groups in total. The quantitative estimate of drug-likeness (QED) is 0.584. The predicted molar refractivity (Wildman–Crippen MR) is 79.1 cm³/mol. The molecule has 0 aliphatic heterocycles. The van der Waals surface area contributed by atoms with Crippen molar-refractivity contribution in [1.82, 2.24) is 5.32 Å². The van der Waals surface area contributed by atoms with E-state index < -0.39 is 29.7 Å². The number of hydrogen-bond acceptors (Lipinski definition) is 3. The molecule has 126 valence electrons. The Morgan fingerprint density at radius 1 is 1.17 bits per heavy atom. The molecule has 0 unspecified atom stereocenters. The highest BCUT2D eigenvalue weighted by molar-refractivity contribution is 7.80. The third-order valence-electron chi connectivity index (χ3n) is 2.72. The third kappa shape index (κ3) is 6.51. The first-order valence-electron chi connectivity index (χ1n) is 6.29. The van der Waals surface area contributed by atoms with Gasteiger partial charge in [0.2, 0.25) is 0 Å². The minimum Gasteiger partial charge on any atom is -0.481 e. The third-order valence-corrected chi connectivity index (χ3v) is 2.94. The van der Waals surface area contributed by atoms with Crippen molar-refractivity contribution in [3.63, 3.8) is 0 Å². The van der Waals surface area contributed by atoms with Gasteiger partial charge in [-0.25, -0.2) is 4.79 Å². The number of hydrogen-bond donors (Lipinski definition) is 4. The number of carboxylic acid groups (broad SMARTS) is 2. The van der Waals surface area contributed by atoms with Crippen LogP contribution in [0.3, 0.4) is 0 Å². The van der Waals surface area contributed by atoms with Crippen LogP contribution in [0.25, 0.3) is 0 Å². The molecule has 0 radical (unpaired) electrons. The fourth-order valence-corrected chi connectivity index (χ4v) is 1.85. The van der Waals surface area contributed by atoms with E-state index >= 15 is 0 Å². The van der Waals surface area contributed by atoms with E-state index in [1.807, 2.05) is 0 Å². The summed E-state index contributed by atoms with van der Waals surface area (Å²) in [6.07, 6.45) is -5.02. The number of carbonyl (C=O) groups is 2. The summed E-state index contributed by atoms with van der Waals surface area (Å²) in [7, 11) is 0. The van der Waals surface area contributed by atoms with Gasteiger partial charge in [-0.1, -0.05) is 0 Å². The van der Waals surface area contributed by atoms with Crippen LogP contribution in [0.4, 0.5) is 18.9 Å². The monoisotopic (exact) mass is 350 g/mol. The number of alkyl halides is 3. The van der Waals surface area contributed by atoms with Gasteiger partial charge in [-0.15, -0.1) is 0 Å². The normalized spacial score (nSPS) is 12.3. The van der Waals surface area contributed by atoms with Gasteiger partial charge in [0.05, 0.1) is 5.56 Å². The summed E-state index contributed by atoms with van der Waals surface area (Å²) in [6, 6.07) is 2.77. The zero-order chi connectivity index (χ0) is 17.6. The number of nitrogens with one attached hydrogen (secondary N) is 2. The maximum Gasteiger partial charge on any atom is 0.416 e. The average Bonchev–Trinajstić information content (AvgIpc) is 2.42. The highest BCUT2D eigenvalue weighted by atomic mass is 32.1. The van der Waals surface area contributed by atoms with Gasteiger partial charge in [-0.05, 0) is 42.9 Å². The summed E-state index contributed by atoms with van der Waals surface area (Å²) in [5.74, 6) is -2.44. The van der Waals surface area contributed by atoms with E-state index in [-0.39, 0.29) is 23.6 Å². The van der Waals surface area contributed by atoms with Gasteiger partial charge in [0.15, 0.2) is 5.11 Å². The van der Waals surface area contributed by atoms with E-state index in [4.69, 9.17) is 22.4 Å². The first-order chi connectivity index (χ1) is 10.6. The van der Waals surface area contributed by atoms with Crippen molar-refractivity contribution in [2.24, 2.45) is 0 Å². The molecule has 23 heavy (non-hydrogen) atoms. The highest BCUT2D eigenvalue weighted by Gasteiger charge is 2.30. The second kappa shape index (κ2) is 7.77. The Bertz CT molecular complexity index is 590. The van der Waals surface area contributed by atoms with Crippen LogP contribution >= 0.6 is 12.2 Å². The fraction of sp³-hybridized carbons (Fsp3) is 0.308. The van der Waals surface area contributed by atoms with Crippen molar-refractivity contribution in [2.75, 3.05) is 5.32 Å². The van der Waals surface area contributed by atoms with Crippen molar-refractivity contribution >= 4 is 35.0 Å². The molecule has 0 bridgehead atoms. The van der Waals surface area contributed by atoms with E-state index in [1.54, 1.807) is 0 Å². The summed E-state index contributed by atoms with van der Waals surface area (Å²) in [5, 5.41) is 22.3. The topological polar surface area (TPSA) is 98.7 Å². The van der Waals surface area contributed by atoms with Crippen LogP contribution in [0.15, 0.2) is 24.3 Å². The molecule has 1 atom stereocenters. The summed E-state index contributed by atoms with van der Waals surface area (Å²) in [4.78, 5) is 21.4. The molecule has 6 nitrogen and oxygen atoms in total. The van der Waals surface area contributed by atoms with E-state index in [0.717, 1.165) is 24.3 Å². The van der Waals surface area contributed by atoms with E-state index in [1.165, 1.54) is 0 Å². The number of benzene rings is 1. The standard InChI is InChI=1S/C13H13F3N2O4S/c14-13(15,16)7-1-3-8(4-2-7)17-12(23)18-9(11(21)22)5-6-10(19)20/h1-4,9H,5-6H2,(H,19,20)(H,21,22)(H2,17,18,23)/t9-/m0/s1. The molecule has 0 amide bonds. The molecule has 10 heteroatoms. The van der Waals surface area contributed by atoms with Gasteiger partial charge in [-0.3, -0.25) is 4.79 Å². The summed E-state index contributed by atoms with van der Waals surface area (Å²) in [5.41, 5.74) is -0.593. The summed E-state index contributed by atoms with van der Waals surface area (Å²) < 4.78 is 37.3. The molecule has 1 aromatic carbocycles. The second-order valence-corrected chi connectivity index (χ2v) is 4.91. The van der Waals surface area contributed by atoms with E-state index in [0.29, 0.717) is 0 Å². The predicted octanol–water partition coefficient (Wildman–Crippen LogP) is 2.31. The van der Waals surface area contributed by atoms with Crippen LogP contribution in [-0.4, -0.2) is 33.3 Å². The molecule has 0 heterocycles. The zero-order valence-corrected chi connectivity index (χ0v) is 12.4. The Morgan fingerprint density at radius 3 is 2.17 bits per heavy atom. The van der Waals surface area contributed by atoms with Gasteiger partial charge in [0.1, 0.15) is 6.04 Å². The molecule has 0 saturated carbocycles. The lowest BCUT2D eigenvalue weighted by atomic mass is 10.1. The Kier molecular flexibility index (Phi) is 6.31. The van der Waals surface area contributed by atoms with Crippen LogP contribution in [0.5, 0.6) is 0 Å². The maximum atomic E-state index is 12.4. The lowest BCUT2D eigenvalue weighted by Crippen LogP contribution is -2.43. The largest absolute Gasteiger partial charge is 0.481 e. The van der Waals surface area contributed by atoms with Crippen LogP contribution in [0, 0.1) is 0 Å². The van der Waals surface area contributed by atoms with E-state index in [9.17, 15) is 22.8 Å². The molecule has 0 saturated heterocycles. The van der Waals surface area contributed by atoms with Gasteiger partial charge in [0, 0.05) is 12.1 Å². The van der Waals surface area contributed by atoms with Crippen LogP contribution < -0.4 is 10.6 Å². The minimum atomic E-state index is -4.46. The Hall–Kier alpha value is -2.36. The molecule has 1 rings (SSSR count). The van der Waals surface area contributed by atoms with Crippen molar-refractivity contribution in [3.05, 3.63) is 29.8 Å². The van der Waals surface area contributed by atoms with Crippen molar-refractivity contribution in [1.29, 1.82) is 0 Å². The fourth-order valence-electron chi connectivity index (χ4n) is 1.59. The molecular weight excluding hydrogens is 337 g/mol. The SMILES string of the molecule is O=C(O)CC[C@H](NC(=S)Nc1ccc(C(F)(F)F)cc1)C(=O)O. The number of carboxylic acids is 2. The number of thiocarbonyl (C=S) groups is 1. The van der Waals surface area contributed by atoms with Crippen LogP contribution in [0.1, 0.15) is 18.4 Å². The molecule has 0 spiro atoms. The van der Waals surface area contributed by atoms with Gasteiger partial charge < -0.3 is 20.8 Å². The number of anilines is 1. The molecule has 0 aliphatic rings. The smallest absolute Gasteiger partial charge is 0.416 e. The maximum absolute atomic E-state index is 12.4. The summed E-state index contributed by atoms with van der Waals surface area (Å²) in [6.45, 7) is 0. The van der Waals surface area contributed by atoms with Crippen LogP contribution in [-0.2, 0) is 15.8 Å². The van der Waals surface area contributed by atoms with Crippen molar-refractivity contribution in [3.8, 4) is 0 Å². The Labute approximate surface area is 134 Å². The first kappa shape index (κ1) is 18.7. The van der Waals surface area contributed by atoms with Crippen molar-refractivity contribution in [2.45, 2.75) is 25.1 Å². The lowest BCUT2D eigenvalue weighted by molar-refractivity contribution is -0.140. The van der Waals surface area contributed by atoms with E-state index in [2.05, 4.69) is 10.6 Å². The van der Waals surface area contributed by atoms with Crippen LogP contribution in [0.2, 0.25) is 0 Å². The number of halogens is 3. The molecule has 1 aromatic rings. The minimum absolute atomic E-state index is 0.137. The average molecular weight is 350 g/mol. The summed E-state index contributed by atoms with van der Waals surface area (Å²) >= 11 is 4.86. The Morgan fingerprint density at radius 2 is 1.74 bits per heavy atom. The van der Waals surface area contributed by atoms with Gasteiger partial charge in [-0.2, -0.15) is 13.2 Å². The number of rotatable bonds is 6. The van der Waals surface area contributed by atoms with Gasteiger partial charge in [0.25, 0.3) is 0 Å². The molecule has 0 fully saturated rings. The molecule has 0 aliphatic carbocycles. The molecule has 0 aromatic heterocycles. The van der Waals surface area contributed by atoms with Gasteiger partial charge >= 0.3 is 18.1 Å². The van der Waals surface area contributed by atoms with Crippen molar-refractivity contribution < 1.29 is 33.0 Å². The lowest BCUT2D eigenvalue weighted by Gasteiger charge is -2.17.